The molecule has 0 radical (unpaired) electrons. The summed E-state index contributed by atoms with van der Waals surface area (Å²) < 4.78 is 0. The summed E-state index contributed by atoms with van der Waals surface area (Å²) in [7, 11) is 0. The number of aliphatic carboxylic acids is 1. The number of carbonyl (C=O) groups excluding carboxylic acids is 3. The third-order valence-corrected chi connectivity index (χ3v) is 5.65. The van der Waals surface area contributed by atoms with Crippen LogP contribution in [0.25, 0.3) is 0 Å². The normalized spacial score (nSPS) is 15.4. The monoisotopic (exact) mass is 492 g/mol. The lowest BCUT2D eigenvalue weighted by Crippen LogP contribution is -2.47. The summed E-state index contributed by atoms with van der Waals surface area (Å²) in [6, 6.07) is 17.2. The minimum absolute atomic E-state index is 0.130. The van der Waals surface area contributed by atoms with Crippen molar-refractivity contribution in [1.29, 1.82) is 0 Å². The molecule has 1 heterocycles. The van der Waals surface area contributed by atoms with E-state index in [-0.39, 0.29) is 11.3 Å². The number of urea groups is 1. The molecule has 10 heteroatoms. The lowest BCUT2D eigenvalue weighted by atomic mass is 9.99. The first-order valence-electron chi connectivity index (χ1n) is 10.6. The zero-order chi connectivity index (χ0) is 25.1. The Labute approximate surface area is 205 Å². The number of hydrogen-bond donors (Lipinski definition) is 4. The first kappa shape index (κ1) is 23.8. The average Bonchev–Trinajstić information content (AvgIpc) is 2.83. The molecule has 4 N–H and O–H groups in total. The van der Waals surface area contributed by atoms with Crippen LogP contribution in [0.3, 0.4) is 0 Å². The number of hydrogen-bond acceptors (Lipinski definition) is 4. The fourth-order valence-corrected chi connectivity index (χ4v) is 3.89. The molecule has 1 aliphatic heterocycles. The third kappa shape index (κ3) is 5.10. The second-order valence-electron chi connectivity index (χ2n) is 7.88. The molecule has 0 aliphatic carbocycles. The molecule has 4 rings (SSSR count). The highest BCUT2D eigenvalue weighted by Crippen LogP contribution is 2.39. The Hall–Kier alpha value is -4.37. The summed E-state index contributed by atoms with van der Waals surface area (Å²) in [5, 5.41) is 17.4. The number of amides is 4. The SMILES string of the molecule is CC(NC(=O)c1ccc2c(c1)NC(=O)C(c1ccccc1)N2C(=O)Nc1cccc(Cl)c1)C(=O)O. The van der Waals surface area contributed by atoms with Gasteiger partial charge in [-0.1, -0.05) is 48.0 Å². The summed E-state index contributed by atoms with van der Waals surface area (Å²) in [6.07, 6.45) is 0. The standard InChI is InChI=1S/C25H21ClN4O5/c1-14(24(33)34)27-22(31)16-10-11-20-19(12-16)29-23(32)21(15-6-3-2-4-7-15)30(20)25(35)28-18-9-5-8-17(26)13-18/h2-14,21H,1H3,(H,27,31)(H,28,35)(H,29,32)(H,33,34). The highest BCUT2D eigenvalue weighted by molar-refractivity contribution is 6.31. The lowest BCUT2D eigenvalue weighted by molar-refractivity contribution is -0.138. The molecule has 3 aromatic rings. The van der Waals surface area contributed by atoms with E-state index in [1.165, 1.54) is 30.0 Å². The van der Waals surface area contributed by atoms with Crippen LogP contribution in [-0.4, -0.2) is 35.0 Å². The van der Waals surface area contributed by atoms with Crippen LogP contribution in [-0.2, 0) is 9.59 Å². The molecule has 1 aliphatic rings. The van der Waals surface area contributed by atoms with E-state index in [9.17, 15) is 19.2 Å². The summed E-state index contributed by atoms with van der Waals surface area (Å²) in [6.45, 7) is 1.34. The Morgan fingerprint density at radius 3 is 2.46 bits per heavy atom. The van der Waals surface area contributed by atoms with E-state index < -0.39 is 35.9 Å². The second kappa shape index (κ2) is 9.86. The van der Waals surface area contributed by atoms with Crippen LogP contribution in [0.5, 0.6) is 0 Å². The summed E-state index contributed by atoms with van der Waals surface area (Å²) in [4.78, 5) is 51.5. The van der Waals surface area contributed by atoms with Crippen LogP contribution in [0, 0.1) is 0 Å². The molecule has 2 atom stereocenters. The van der Waals surface area contributed by atoms with Crippen LogP contribution < -0.4 is 20.9 Å². The Bertz CT molecular complexity index is 1310. The zero-order valence-electron chi connectivity index (χ0n) is 18.5. The Morgan fingerprint density at radius 1 is 1.03 bits per heavy atom. The first-order chi connectivity index (χ1) is 16.7. The van der Waals surface area contributed by atoms with Crippen molar-refractivity contribution >= 4 is 52.5 Å². The number of nitrogens with zero attached hydrogens (tertiary/aromatic N) is 1. The van der Waals surface area contributed by atoms with Crippen molar-refractivity contribution in [1.82, 2.24) is 5.32 Å². The van der Waals surface area contributed by atoms with Crippen molar-refractivity contribution in [3.05, 3.63) is 88.9 Å². The number of benzene rings is 3. The molecule has 4 amide bonds. The van der Waals surface area contributed by atoms with Gasteiger partial charge < -0.3 is 21.1 Å². The van der Waals surface area contributed by atoms with Crippen molar-refractivity contribution in [2.75, 3.05) is 15.5 Å². The van der Waals surface area contributed by atoms with Gasteiger partial charge in [-0.15, -0.1) is 0 Å². The number of fused-ring (bicyclic) bond motifs is 1. The van der Waals surface area contributed by atoms with E-state index in [0.29, 0.717) is 22.0 Å². The molecule has 178 valence electrons. The maximum atomic E-state index is 13.5. The van der Waals surface area contributed by atoms with E-state index in [4.69, 9.17) is 16.7 Å². The van der Waals surface area contributed by atoms with E-state index in [2.05, 4.69) is 16.0 Å². The van der Waals surface area contributed by atoms with Crippen LogP contribution >= 0.6 is 11.6 Å². The first-order valence-corrected chi connectivity index (χ1v) is 11.0. The van der Waals surface area contributed by atoms with E-state index in [0.717, 1.165) is 0 Å². The number of carboxylic acid groups (broad SMARTS) is 1. The van der Waals surface area contributed by atoms with Crippen molar-refractivity contribution in [3.8, 4) is 0 Å². The van der Waals surface area contributed by atoms with Gasteiger partial charge in [-0.05, 0) is 48.9 Å². The molecule has 0 saturated heterocycles. The number of rotatable bonds is 5. The quantitative estimate of drug-likeness (QED) is 0.423. The predicted molar refractivity (Wildman–Crippen MR) is 132 cm³/mol. The van der Waals surface area contributed by atoms with Gasteiger partial charge in [0, 0.05) is 16.3 Å². The molecular formula is C25H21ClN4O5. The van der Waals surface area contributed by atoms with E-state index >= 15 is 0 Å². The molecule has 0 spiro atoms. The molecule has 0 fully saturated rings. The van der Waals surface area contributed by atoms with Crippen LogP contribution in [0.15, 0.2) is 72.8 Å². The van der Waals surface area contributed by atoms with Crippen LogP contribution in [0.2, 0.25) is 5.02 Å². The number of carbonyl (C=O) groups is 4. The Morgan fingerprint density at radius 2 is 1.77 bits per heavy atom. The largest absolute Gasteiger partial charge is 0.480 e. The van der Waals surface area contributed by atoms with E-state index in [1.807, 2.05) is 0 Å². The molecule has 0 saturated carbocycles. The Balaban J connectivity index is 1.73. The zero-order valence-corrected chi connectivity index (χ0v) is 19.2. The van der Waals surface area contributed by atoms with Crippen molar-refractivity contribution < 1.29 is 24.3 Å². The van der Waals surface area contributed by atoms with Gasteiger partial charge in [0.05, 0.1) is 11.4 Å². The molecule has 0 bridgehead atoms. The van der Waals surface area contributed by atoms with Crippen molar-refractivity contribution in [2.45, 2.75) is 19.0 Å². The Kier molecular flexibility index (Phi) is 6.70. The number of nitrogens with one attached hydrogen (secondary N) is 3. The van der Waals surface area contributed by atoms with Crippen molar-refractivity contribution in [3.63, 3.8) is 0 Å². The van der Waals surface area contributed by atoms with Gasteiger partial charge in [0.1, 0.15) is 12.1 Å². The number of carboxylic acids is 1. The molecule has 9 nitrogen and oxygen atoms in total. The number of anilines is 3. The fraction of sp³-hybridized carbons (Fsp3) is 0.120. The summed E-state index contributed by atoms with van der Waals surface area (Å²) >= 11 is 6.04. The topological polar surface area (TPSA) is 128 Å². The van der Waals surface area contributed by atoms with Crippen LogP contribution in [0.4, 0.5) is 21.9 Å². The fourth-order valence-electron chi connectivity index (χ4n) is 3.70. The maximum Gasteiger partial charge on any atom is 0.327 e. The van der Waals surface area contributed by atoms with Gasteiger partial charge >= 0.3 is 12.0 Å². The van der Waals surface area contributed by atoms with Gasteiger partial charge in [-0.3, -0.25) is 19.3 Å². The summed E-state index contributed by atoms with van der Waals surface area (Å²) in [5.41, 5.74) is 1.76. The van der Waals surface area contributed by atoms with Crippen LogP contribution in [0.1, 0.15) is 28.9 Å². The molecule has 35 heavy (non-hydrogen) atoms. The van der Waals surface area contributed by atoms with Gasteiger partial charge in [0.15, 0.2) is 0 Å². The molecule has 2 unspecified atom stereocenters. The van der Waals surface area contributed by atoms with E-state index in [1.54, 1.807) is 54.6 Å². The van der Waals surface area contributed by atoms with Crippen molar-refractivity contribution in [2.24, 2.45) is 0 Å². The maximum absolute atomic E-state index is 13.5. The molecular weight excluding hydrogens is 472 g/mol. The van der Waals surface area contributed by atoms with Gasteiger partial charge in [0.25, 0.3) is 11.8 Å². The third-order valence-electron chi connectivity index (χ3n) is 5.41. The lowest BCUT2D eigenvalue weighted by Gasteiger charge is -2.36. The highest BCUT2D eigenvalue weighted by atomic mass is 35.5. The second-order valence-corrected chi connectivity index (χ2v) is 8.31. The minimum atomic E-state index is -1.18. The van der Waals surface area contributed by atoms with Gasteiger partial charge in [0.2, 0.25) is 0 Å². The highest BCUT2D eigenvalue weighted by Gasteiger charge is 2.38. The minimum Gasteiger partial charge on any atom is -0.480 e. The molecule has 3 aromatic carbocycles. The predicted octanol–water partition coefficient (Wildman–Crippen LogP) is 4.27. The van der Waals surface area contributed by atoms with Gasteiger partial charge in [-0.2, -0.15) is 0 Å². The molecule has 0 aromatic heterocycles. The van der Waals surface area contributed by atoms with Gasteiger partial charge in [-0.25, -0.2) is 4.79 Å². The smallest absolute Gasteiger partial charge is 0.327 e. The average molecular weight is 493 g/mol. The summed E-state index contributed by atoms with van der Waals surface area (Å²) in [5.74, 6) is -2.28. The number of halogens is 1.